The number of nitrogens with one attached hydrogen (secondary N) is 2. The van der Waals surface area contributed by atoms with E-state index in [0.29, 0.717) is 19.7 Å². The summed E-state index contributed by atoms with van der Waals surface area (Å²) in [5.74, 6) is -0.557. The van der Waals surface area contributed by atoms with Gasteiger partial charge in [-0.1, -0.05) is 24.6 Å². The number of carbonyl (C=O) groups excluding carboxylic acids is 1. The van der Waals surface area contributed by atoms with Gasteiger partial charge in [-0.2, -0.15) is 0 Å². The van der Waals surface area contributed by atoms with Crippen LogP contribution in [0.5, 0.6) is 0 Å². The first-order valence-corrected chi connectivity index (χ1v) is 7.32. The molecule has 0 saturated carbocycles. The molecule has 0 spiro atoms. The van der Waals surface area contributed by atoms with Crippen molar-refractivity contribution in [2.75, 3.05) is 26.2 Å². The Bertz CT molecular complexity index is 526. The minimum absolute atomic E-state index is 0.0917. The predicted octanol–water partition coefficient (Wildman–Crippen LogP) is 2.28. The van der Waals surface area contributed by atoms with Gasteiger partial charge in [-0.3, -0.25) is 4.79 Å². The van der Waals surface area contributed by atoms with Gasteiger partial charge < -0.3 is 15.4 Å². The molecule has 4 nitrogen and oxygen atoms in total. The van der Waals surface area contributed by atoms with Crippen LogP contribution in [0.1, 0.15) is 25.5 Å². The molecular formula is C15H20ClFN2O2. The highest BCUT2D eigenvalue weighted by Gasteiger charge is 2.38. The lowest BCUT2D eigenvalue weighted by atomic mass is 9.80. The van der Waals surface area contributed by atoms with Crippen LogP contribution in [0.3, 0.4) is 0 Å². The summed E-state index contributed by atoms with van der Waals surface area (Å²) in [4.78, 5) is 11.2. The van der Waals surface area contributed by atoms with Crippen LogP contribution in [0.4, 0.5) is 4.39 Å². The summed E-state index contributed by atoms with van der Waals surface area (Å²) in [5, 5.41) is 6.21. The molecule has 2 rings (SSSR count). The molecular weight excluding hydrogens is 295 g/mol. The zero-order chi connectivity index (χ0) is 15.5. The molecule has 1 saturated heterocycles. The molecule has 1 aliphatic rings. The number of benzene rings is 1. The molecule has 0 radical (unpaired) electrons. The summed E-state index contributed by atoms with van der Waals surface area (Å²) in [5.41, 5.74) is 0.357. The van der Waals surface area contributed by atoms with Gasteiger partial charge in [-0.15, -0.1) is 0 Å². The van der Waals surface area contributed by atoms with E-state index in [2.05, 4.69) is 10.6 Å². The van der Waals surface area contributed by atoms with Gasteiger partial charge in [0.1, 0.15) is 5.82 Å². The smallest absolute Gasteiger partial charge is 0.216 e. The normalized spacial score (nSPS) is 26.2. The first kappa shape index (κ1) is 16.2. The zero-order valence-electron chi connectivity index (χ0n) is 12.2. The summed E-state index contributed by atoms with van der Waals surface area (Å²) in [6.07, 6.45) is -0.314. The quantitative estimate of drug-likeness (QED) is 0.900. The van der Waals surface area contributed by atoms with Crippen LogP contribution in [0.15, 0.2) is 18.2 Å². The van der Waals surface area contributed by atoms with Gasteiger partial charge in [0, 0.05) is 32.0 Å². The molecule has 116 valence electrons. The molecule has 21 heavy (non-hydrogen) atoms. The lowest BCUT2D eigenvalue weighted by Gasteiger charge is -2.36. The highest BCUT2D eigenvalue weighted by Crippen LogP contribution is 2.38. The Morgan fingerprint density at radius 3 is 3.05 bits per heavy atom. The van der Waals surface area contributed by atoms with Gasteiger partial charge in [0.15, 0.2) is 0 Å². The number of amides is 1. The Labute approximate surface area is 129 Å². The van der Waals surface area contributed by atoms with E-state index in [9.17, 15) is 9.18 Å². The third-order valence-electron chi connectivity index (χ3n) is 3.71. The maximum absolute atomic E-state index is 13.7. The van der Waals surface area contributed by atoms with Gasteiger partial charge in [0.2, 0.25) is 5.91 Å². The lowest BCUT2D eigenvalue weighted by Crippen LogP contribution is -2.44. The van der Waals surface area contributed by atoms with Crippen molar-refractivity contribution in [1.29, 1.82) is 0 Å². The Morgan fingerprint density at radius 1 is 1.62 bits per heavy atom. The van der Waals surface area contributed by atoms with E-state index in [-0.39, 0.29) is 22.4 Å². The van der Waals surface area contributed by atoms with Crippen LogP contribution in [0, 0.1) is 11.2 Å². The molecule has 0 bridgehead atoms. The fourth-order valence-corrected chi connectivity index (χ4v) is 2.69. The molecule has 1 aromatic carbocycles. The van der Waals surface area contributed by atoms with Crippen molar-refractivity contribution >= 4 is 17.5 Å². The third-order valence-corrected chi connectivity index (χ3v) is 4.02. The molecule has 2 unspecified atom stereocenters. The summed E-state index contributed by atoms with van der Waals surface area (Å²) < 4.78 is 19.6. The van der Waals surface area contributed by atoms with Crippen LogP contribution < -0.4 is 10.6 Å². The van der Waals surface area contributed by atoms with Gasteiger partial charge in [0.25, 0.3) is 0 Å². The number of ether oxygens (including phenoxy) is 1. The fourth-order valence-electron chi connectivity index (χ4n) is 2.57. The topological polar surface area (TPSA) is 50.4 Å². The largest absolute Gasteiger partial charge is 0.372 e. The second-order valence-electron chi connectivity index (χ2n) is 5.66. The molecule has 0 aromatic heterocycles. The number of carbonyl (C=O) groups is 1. The molecule has 0 aliphatic carbocycles. The van der Waals surface area contributed by atoms with Crippen molar-refractivity contribution in [3.8, 4) is 0 Å². The van der Waals surface area contributed by atoms with Gasteiger partial charge >= 0.3 is 0 Å². The molecule has 1 amide bonds. The number of hydrogen-bond donors (Lipinski definition) is 2. The standard InChI is InChI=1S/C15H20ClFN2O2/c1-10(20)19-9-15(2)8-18-5-6-21-14(15)11-3-4-12(16)13(17)7-11/h3-4,7,14,18H,5-6,8-9H2,1-2H3,(H,19,20). The van der Waals surface area contributed by atoms with Crippen molar-refractivity contribution in [1.82, 2.24) is 10.6 Å². The van der Waals surface area contributed by atoms with Crippen molar-refractivity contribution < 1.29 is 13.9 Å². The van der Waals surface area contributed by atoms with Crippen molar-refractivity contribution in [3.63, 3.8) is 0 Å². The summed E-state index contributed by atoms with van der Waals surface area (Å²) in [7, 11) is 0. The number of hydrogen-bond acceptors (Lipinski definition) is 3. The Morgan fingerprint density at radius 2 is 2.38 bits per heavy atom. The second kappa shape index (κ2) is 6.73. The minimum atomic E-state index is -0.461. The summed E-state index contributed by atoms with van der Waals surface area (Å²) >= 11 is 5.74. The SMILES string of the molecule is CC(=O)NCC1(C)CNCCOC1c1ccc(Cl)c(F)c1. The Hall–Kier alpha value is -1.17. The van der Waals surface area contributed by atoms with E-state index in [4.69, 9.17) is 16.3 Å². The Kier molecular flexibility index (Phi) is 5.19. The van der Waals surface area contributed by atoms with Crippen molar-refractivity contribution in [3.05, 3.63) is 34.6 Å². The monoisotopic (exact) mass is 314 g/mol. The summed E-state index contributed by atoms with van der Waals surface area (Å²) in [6, 6.07) is 4.71. The molecule has 1 fully saturated rings. The van der Waals surface area contributed by atoms with Crippen molar-refractivity contribution in [2.45, 2.75) is 20.0 Å². The molecule has 2 atom stereocenters. The predicted molar refractivity (Wildman–Crippen MR) is 79.8 cm³/mol. The minimum Gasteiger partial charge on any atom is -0.372 e. The molecule has 1 aliphatic heterocycles. The van der Waals surface area contributed by atoms with Crippen LogP contribution in [0.2, 0.25) is 5.02 Å². The van der Waals surface area contributed by atoms with Crippen molar-refractivity contribution in [2.24, 2.45) is 5.41 Å². The highest BCUT2D eigenvalue weighted by atomic mass is 35.5. The third kappa shape index (κ3) is 3.93. The van der Waals surface area contributed by atoms with Gasteiger partial charge in [-0.05, 0) is 17.7 Å². The van der Waals surface area contributed by atoms with E-state index in [1.165, 1.54) is 19.1 Å². The van der Waals surface area contributed by atoms with Crippen LogP contribution in [0.25, 0.3) is 0 Å². The molecule has 2 N–H and O–H groups in total. The van der Waals surface area contributed by atoms with Gasteiger partial charge in [0.05, 0.1) is 17.7 Å². The maximum atomic E-state index is 13.7. The first-order chi connectivity index (χ1) is 9.92. The Balaban J connectivity index is 2.29. The van der Waals surface area contributed by atoms with Crippen LogP contribution in [-0.2, 0) is 9.53 Å². The zero-order valence-corrected chi connectivity index (χ0v) is 13.0. The molecule has 1 heterocycles. The van der Waals surface area contributed by atoms with E-state index in [1.807, 2.05) is 6.92 Å². The van der Waals surface area contributed by atoms with Crippen LogP contribution in [-0.4, -0.2) is 32.1 Å². The summed E-state index contributed by atoms with van der Waals surface area (Å²) in [6.45, 7) is 5.86. The van der Waals surface area contributed by atoms with E-state index >= 15 is 0 Å². The van der Waals surface area contributed by atoms with E-state index in [1.54, 1.807) is 6.07 Å². The lowest BCUT2D eigenvalue weighted by molar-refractivity contribution is -0.120. The molecule has 1 aromatic rings. The fraction of sp³-hybridized carbons (Fsp3) is 0.533. The van der Waals surface area contributed by atoms with E-state index < -0.39 is 5.82 Å². The van der Waals surface area contributed by atoms with Crippen LogP contribution >= 0.6 is 11.6 Å². The highest BCUT2D eigenvalue weighted by molar-refractivity contribution is 6.30. The number of rotatable bonds is 3. The average Bonchev–Trinajstić information content (AvgIpc) is 2.62. The van der Waals surface area contributed by atoms with Gasteiger partial charge in [-0.25, -0.2) is 4.39 Å². The molecule has 6 heteroatoms. The second-order valence-corrected chi connectivity index (χ2v) is 6.07. The maximum Gasteiger partial charge on any atom is 0.216 e. The average molecular weight is 315 g/mol. The van der Waals surface area contributed by atoms with E-state index in [0.717, 1.165) is 12.1 Å². The number of halogens is 2. The first-order valence-electron chi connectivity index (χ1n) is 6.94.